The highest BCUT2D eigenvalue weighted by molar-refractivity contribution is 7.12. The number of rotatable bonds is 7. The summed E-state index contributed by atoms with van der Waals surface area (Å²) in [5.41, 5.74) is 2.71. The number of hydrogen-bond acceptors (Lipinski definition) is 5. The largest absolute Gasteiger partial charge is 0.494 e. The summed E-state index contributed by atoms with van der Waals surface area (Å²) in [6.45, 7) is 6.48. The number of nitrogens with zero attached hydrogens (tertiary/aromatic N) is 3. The molecule has 0 atom stereocenters. The molecule has 0 unspecified atom stereocenters. The monoisotopic (exact) mass is 370 g/mol. The zero-order valence-electron chi connectivity index (χ0n) is 15.2. The highest BCUT2D eigenvalue weighted by Gasteiger charge is 2.14. The lowest BCUT2D eigenvalue weighted by Gasteiger charge is -2.05. The van der Waals surface area contributed by atoms with Gasteiger partial charge < -0.3 is 10.1 Å². The Kier molecular flexibility index (Phi) is 5.68. The second-order valence-corrected chi connectivity index (χ2v) is 6.69. The lowest BCUT2D eigenvalue weighted by atomic mass is 10.2. The molecule has 136 valence electrons. The smallest absolute Gasteiger partial charge is 0.225 e. The number of hydrogen-bond donors (Lipinski definition) is 1. The Hall–Kier alpha value is -2.67. The van der Waals surface area contributed by atoms with Crippen LogP contribution in [-0.2, 0) is 4.79 Å². The first-order valence-electron chi connectivity index (χ1n) is 8.66. The minimum atomic E-state index is -0.0167. The van der Waals surface area contributed by atoms with E-state index < -0.39 is 0 Å². The van der Waals surface area contributed by atoms with E-state index in [0.29, 0.717) is 24.0 Å². The fourth-order valence-electron chi connectivity index (χ4n) is 2.55. The molecule has 0 fully saturated rings. The molecule has 0 aliphatic rings. The summed E-state index contributed by atoms with van der Waals surface area (Å²) in [6, 6.07) is 9.70. The highest BCUT2D eigenvalue weighted by atomic mass is 32.1. The van der Waals surface area contributed by atoms with Gasteiger partial charge in [-0.05, 0) is 44.5 Å². The molecule has 7 heteroatoms. The molecule has 26 heavy (non-hydrogen) atoms. The summed E-state index contributed by atoms with van der Waals surface area (Å²) in [7, 11) is 0. The van der Waals surface area contributed by atoms with Crippen molar-refractivity contribution >= 4 is 23.1 Å². The second-order valence-electron chi connectivity index (χ2n) is 5.85. The average molecular weight is 370 g/mol. The molecule has 0 bridgehead atoms. The van der Waals surface area contributed by atoms with Crippen molar-refractivity contribution in [1.29, 1.82) is 0 Å². The third kappa shape index (κ3) is 4.11. The van der Waals surface area contributed by atoms with E-state index in [-0.39, 0.29) is 5.91 Å². The molecule has 3 aromatic rings. The van der Waals surface area contributed by atoms with Crippen molar-refractivity contribution < 1.29 is 9.53 Å². The average Bonchev–Trinajstić information content (AvgIpc) is 3.23. The van der Waals surface area contributed by atoms with Gasteiger partial charge in [0.1, 0.15) is 11.6 Å². The molecule has 2 aromatic heterocycles. The van der Waals surface area contributed by atoms with Crippen molar-refractivity contribution in [2.45, 2.75) is 33.6 Å². The Labute approximate surface area is 156 Å². The third-order valence-electron chi connectivity index (χ3n) is 3.71. The van der Waals surface area contributed by atoms with Crippen LogP contribution in [0.4, 0.5) is 5.82 Å². The number of thiazole rings is 1. The van der Waals surface area contributed by atoms with Crippen LogP contribution in [0.5, 0.6) is 5.75 Å². The van der Waals surface area contributed by atoms with Crippen LogP contribution in [0.25, 0.3) is 16.4 Å². The third-order valence-corrected chi connectivity index (χ3v) is 4.53. The van der Waals surface area contributed by atoms with Gasteiger partial charge in [0, 0.05) is 23.4 Å². The van der Waals surface area contributed by atoms with Crippen molar-refractivity contribution in [3.63, 3.8) is 0 Å². The molecule has 0 aliphatic carbocycles. The van der Waals surface area contributed by atoms with E-state index in [1.807, 2.05) is 56.5 Å². The van der Waals surface area contributed by atoms with Gasteiger partial charge in [0.05, 0.1) is 18.0 Å². The summed E-state index contributed by atoms with van der Waals surface area (Å²) >= 11 is 1.49. The maximum absolute atomic E-state index is 11.9. The zero-order chi connectivity index (χ0) is 18.5. The van der Waals surface area contributed by atoms with Crippen LogP contribution < -0.4 is 10.1 Å². The van der Waals surface area contributed by atoms with Crippen LogP contribution >= 0.6 is 11.3 Å². The topological polar surface area (TPSA) is 69.0 Å². The molecule has 1 aromatic carbocycles. The maximum Gasteiger partial charge on any atom is 0.225 e. The Morgan fingerprint density at radius 3 is 2.73 bits per heavy atom. The van der Waals surface area contributed by atoms with E-state index in [1.54, 1.807) is 4.68 Å². The highest BCUT2D eigenvalue weighted by Crippen LogP contribution is 2.27. The van der Waals surface area contributed by atoms with E-state index in [2.05, 4.69) is 15.4 Å². The van der Waals surface area contributed by atoms with Crippen LogP contribution in [0.2, 0.25) is 0 Å². The van der Waals surface area contributed by atoms with Gasteiger partial charge in [0.15, 0.2) is 0 Å². The molecule has 0 spiro atoms. The molecule has 0 aliphatic heterocycles. The number of carbonyl (C=O) groups is 1. The van der Waals surface area contributed by atoms with Crippen LogP contribution in [-0.4, -0.2) is 27.3 Å². The van der Waals surface area contributed by atoms with Crippen molar-refractivity contribution in [2.75, 3.05) is 11.9 Å². The molecular weight excluding hydrogens is 348 g/mol. The normalized spacial score (nSPS) is 10.7. The summed E-state index contributed by atoms with van der Waals surface area (Å²) in [4.78, 5) is 16.6. The van der Waals surface area contributed by atoms with Crippen molar-refractivity contribution in [3.8, 4) is 22.1 Å². The maximum atomic E-state index is 11.9. The van der Waals surface area contributed by atoms with E-state index >= 15 is 0 Å². The number of amides is 1. The number of anilines is 1. The first-order valence-corrected chi connectivity index (χ1v) is 9.54. The first-order chi connectivity index (χ1) is 12.6. The van der Waals surface area contributed by atoms with E-state index in [4.69, 9.17) is 4.74 Å². The van der Waals surface area contributed by atoms with Crippen LogP contribution in [0, 0.1) is 6.92 Å². The predicted molar refractivity (Wildman–Crippen MR) is 104 cm³/mol. The van der Waals surface area contributed by atoms with Crippen LogP contribution in [0.15, 0.2) is 35.7 Å². The second kappa shape index (κ2) is 8.14. The standard InChI is InChI=1S/C19H22N4O2S/c1-4-6-18(24)21-17-11-13(3)22-23(17)19-20-16(12-26-19)14-7-9-15(10-8-14)25-5-2/h7-12H,4-6H2,1-3H3,(H,21,24). The molecule has 0 saturated carbocycles. The number of nitrogens with one attached hydrogen (secondary N) is 1. The predicted octanol–water partition coefficient (Wildman–Crippen LogP) is 4.44. The number of benzene rings is 1. The number of ether oxygens (including phenoxy) is 1. The summed E-state index contributed by atoms with van der Waals surface area (Å²) in [5, 5.41) is 10.1. The van der Waals surface area contributed by atoms with Gasteiger partial charge in [0.25, 0.3) is 0 Å². The SMILES string of the molecule is CCCC(=O)Nc1cc(C)nn1-c1nc(-c2ccc(OCC)cc2)cs1. The molecule has 1 amide bonds. The fraction of sp³-hybridized carbons (Fsp3) is 0.316. The van der Waals surface area contributed by atoms with E-state index in [9.17, 15) is 4.79 Å². The molecule has 2 heterocycles. The first kappa shape index (κ1) is 18.1. The van der Waals surface area contributed by atoms with Crippen LogP contribution in [0.3, 0.4) is 0 Å². The number of carbonyl (C=O) groups excluding carboxylic acids is 1. The minimum Gasteiger partial charge on any atom is -0.494 e. The molecule has 0 saturated heterocycles. The lowest BCUT2D eigenvalue weighted by Crippen LogP contribution is -2.14. The van der Waals surface area contributed by atoms with Crippen molar-refractivity contribution in [3.05, 3.63) is 41.4 Å². The zero-order valence-corrected chi connectivity index (χ0v) is 16.0. The molecule has 1 N–H and O–H groups in total. The number of aryl methyl sites for hydroxylation is 1. The lowest BCUT2D eigenvalue weighted by molar-refractivity contribution is -0.116. The number of aromatic nitrogens is 3. The Balaban J connectivity index is 1.84. The van der Waals surface area contributed by atoms with Gasteiger partial charge in [-0.1, -0.05) is 6.92 Å². The van der Waals surface area contributed by atoms with Gasteiger partial charge in [-0.25, -0.2) is 4.98 Å². The minimum absolute atomic E-state index is 0.0167. The van der Waals surface area contributed by atoms with Crippen LogP contribution in [0.1, 0.15) is 32.4 Å². The Morgan fingerprint density at radius 2 is 2.04 bits per heavy atom. The van der Waals surface area contributed by atoms with Crippen molar-refractivity contribution in [1.82, 2.24) is 14.8 Å². The van der Waals surface area contributed by atoms with E-state index in [1.165, 1.54) is 11.3 Å². The molecule has 0 radical (unpaired) electrons. The molecular formula is C19H22N4O2S. The Morgan fingerprint density at radius 1 is 1.27 bits per heavy atom. The summed E-state index contributed by atoms with van der Waals surface area (Å²) < 4.78 is 7.16. The van der Waals surface area contributed by atoms with Gasteiger partial charge >= 0.3 is 0 Å². The quantitative estimate of drug-likeness (QED) is 0.667. The summed E-state index contributed by atoms with van der Waals surface area (Å²) in [5.74, 6) is 1.47. The van der Waals surface area contributed by atoms with Gasteiger partial charge in [0.2, 0.25) is 11.0 Å². The van der Waals surface area contributed by atoms with Gasteiger partial charge in [-0.15, -0.1) is 11.3 Å². The fourth-order valence-corrected chi connectivity index (χ4v) is 3.35. The summed E-state index contributed by atoms with van der Waals surface area (Å²) in [6.07, 6.45) is 1.29. The Bertz CT molecular complexity index is 883. The molecule has 6 nitrogen and oxygen atoms in total. The molecule has 3 rings (SSSR count). The van der Waals surface area contributed by atoms with Crippen molar-refractivity contribution in [2.24, 2.45) is 0 Å². The van der Waals surface area contributed by atoms with Gasteiger partial charge in [-0.2, -0.15) is 9.78 Å². The van der Waals surface area contributed by atoms with Gasteiger partial charge in [-0.3, -0.25) is 4.79 Å². The van der Waals surface area contributed by atoms with E-state index in [0.717, 1.165) is 29.1 Å².